The lowest BCUT2D eigenvalue weighted by atomic mass is 10.2. The summed E-state index contributed by atoms with van der Waals surface area (Å²) in [7, 11) is 1.85. The van der Waals surface area contributed by atoms with E-state index < -0.39 is 0 Å². The molecule has 4 N–H and O–H groups in total. The zero-order chi connectivity index (χ0) is 16.9. The Hall–Kier alpha value is -2.43. The molecule has 2 heterocycles. The molecule has 0 aliphatic heterocycles. The van der Waals surface area contributed by atoms with E-state index in [1.807, 2.05) is 38.2 Å². The maximum Gasteiger partial charge on any atom is 0.193 e. The standard InChI is InChI=1S/C16H20N8.HI/c1-11-3-5-12(6-4-11)23-16(17)19-8-7-18-14-13-9-22-24(2)15(13)21-10-20-14;/h3-6,9-10H,7-8H2,1-2H3,(H3,17,19,23)(H,18,20,21);1H. The highest BCUT2D eigenvalue weighted by molar-refractivity contribution is 14.0. The number of rotatable bonds is 5. The first-order valence-electron chi connectivity index (χ1n) is 7.63. The number of benzene rings is 1. The summed E-state index contributed by atoms with van der Waals surface area (Å²) >= 11 is 0. The zero-order valence-electron chi connectivity index (χ0n) is 14.1. The third kappa shape index (κ3) is 4.78. The average Bonchev–Trinajstić information content (AvgIpc) is 2.96. The van der Waals surface area contributed by atoms with Crippen molar-refractivity contribution >= 4 is 52.5 Å². The van der Waals surface area contributed by atoms with Crippen molar-refractivity contribution in [1.82, 2.24) is 19.7 Å². The Kier molecular flexibility index (Phi) is 6.51. The molecular weight excluding hydrogens is 431 g/mol. The molecule has 0 spiro atoms. The Morgan fingerprint density at radius 2 is 2.00 bits per heavy atom. The Labute approximate surface area is 163 Å². The van der Waals surface area contributed by atoms with E-state index in [9.17, 15) is 0 Å². The van der Waals surface area contributed by atoms with Gasteiger partial charge in [-0.1, -0.05) is 17.7 Å². The lowest BCUT2D eigenvalue weighted by Crippen LogP contribution is -2.23. The van der Waals surface area contributed by atoms with Gasteiger partial charge in [0.25, 0.3) is 0 Å². The largest absolute Gasteiger partial charge is 0.370 e. The molecule has 0 bridgehead atoms. The van der Waals surface area contributed by atoms with Crippen LogP contribution in [0.2, 0.25) is 0 Å². The van der Waals surface area contributed by atoms with Crippen LogP contribution in [0.15, 0.2) is 41.8 Å². The molecule has 9 heteroatoms. The number of aryl methyl sites for hydroxylation is 2. The lowest BCUT2D eigenvalue weighted by molar-refractivity contribution is 0.785. The Balaban J connectivity index is 0.00000225. The molecule has 8 nitrogen and oxygen atoms in total. The van der Waals surface area contributed by atoms with E-state index in [4.69, 9.17) is 5.73 Å². The van der Waals surface area contributed by atoms with Gasteiger partial charge in [0, 0.05) is 19.3 Å². The fraction of sp³-hybridized carbons (Fsp3) is 0.250. The Bertz CT molecular complexity index is 856. The first kappa shape index (κ1) is 18.9. The molecule has 0 radical (unpaired) electrons. The first-order chi connectivity index (χ1) is 11.6. The molecule has 0 unspecified atom stereocenters. The molecule has 0 aliphatic carbocycles. The van der Waals surface area contributed by atoms with Crippen LogP contribution < -0.4 is 16.4 Å². The maximum absolute atomic E-state index is 5.89. The number of anilines is 2. The predicted octanol–water partition coefficient (Wildman–Crippen LogP) is 2.13. The number of guanidine groups is 1. The minimum Gasteiger partial charge on any atom is -0.370 e. The number of hydrogen-bond donors (Lipinski definition) is 3. The smallest absolute Gasteiger partial charge is 0.193 e. The molecule has 0 amide bonds. The average molecular weight is 452 g/mol. The van der Waals surface area contributed by atoms with Gasteiger partial charge in [0.15, 0.2) is 11.6 Å². The third-order valence-electron chi connectivity index (χ3n) is 3.54. The summed E-state index contributed by atoms with van der Waals surface area (Å²) in [6.45, 7) is 3.17. The number of nitrogens with zero attached hydrogens (tertiary/aromatic N) is 5. The molecule has 0 saturated heterocycles. The summed E-state index contributed by atoms with van der Waals surface area (Å²) in [6.07, 6.45) is 3.26. The second-order valence-corrected chi connectivity index (χ2v) is 5.41. The molecule has 2 aromatic heterocycles. The van der Waals surface area contributed by atoms with Gasteiger partial charge in [0.1, 0.15) is 12.1 Å². The van der Waals surface area contributed by atoms with Crippen LogP contribution in [-0.2, 0) is 7.05 Å². The number of aromatic nitrogens is 4. The molecule has 0 saturated carbocycles. The van der Waals surface area contributed by atoms with Crippen LogP contribution in [0.5, 0.6) is 0 Å². The molecule has 0 atom stereocenters. The van der Waals surface area contributed by atoms with Crippen molar-refractivity contribution in [1.29, 1.82) is 0 Å². The van der Waals surface area contributed by atoms with Crippen molar-refractivity contribution in [3.8, 4) is 0 Å². The normalized spacial score (nSPS) is 11.2. The number of aliphatic imine (C=N–C) groups is 1. The van der Waals surface area contributed by atoms with Gasteiger partial charge < -0.3 is 16.4 Å². The third-order valence-corrected chi connectivity index (χ3v) is 3.54. The van der Waals surface area contributed by atoms with Crippen LogP contribution in [0.4, 0.5) is 11.5 Å². The summed E-state index contributed by atoms with van der Waals surface area (Å²) in [6, 6.07) is 7.98. The van der Waals surface area contributed by atoms with Crippen molar-refractivity contribution in [2.45, 2.75) is 6.92 Å². The van der Waals surface area contributed by atoms with E-state index in [1.165, 1.54) is 11.9 Å². The van der Waals surface area contributed by atoms with E-state index in [2.05, 4.69) is 30.7 Å². The number of nitrogens with two attached hydrogens (primary N) is 1. The highest BCUT2D eigenvalue weighted by Gasteiger charge is 2.06. The van der Waals surface area contributed by atoms with Gasteiger partial charge >= 0.3 is 0 Å². The van der Waals surface area contributed by atoms with E-state index in [0.717, 1.165) is 22.5 Å². The minimum atomic E-state index is 0. The van der Waals surface area contributed by atoms with E-state index >= 15 is 0 Å². The minimum absolute atomic E-state index is 0. The van der Waals surface area contributed by atoms with E-state index in [1.54, 1.807) is 10.9 Å². The number of halogens is 1. The maximum atomic E-state index is 5.89. The van der Waals surface area contributed by atoms with Gasteiger partial charge in [-0.15, -0.1) is 24.0 Å². The monoisotopic (exact) mass is 452 g/mol. The summed E-state index contributed by atoms with van der Waals surface area (Å²) in [4.78, 5) is 12.7. The van der Waals surface area contributed by atoms with Crippen LogP contribution in [0.3, 0.4) is 0 Å². The molecule has 0 fully saturated rings. The van der Waals surface area contributed by atoms with Crippen LogP contribution in [0.1, 0.15) is 5.56 Å². The van der Waals surface area contributed by atoms with Gasteiger partial charge in [-0.3, -0.25) is 9.67 Å². The van der Waals surface area contributed by atoms with Gasteiger partial charge in [0.05, 0.1) is 18.1 Å². The molecule has 25 heavy (non-hydrogen) atoms. The molecule has 1 aromatic carbocycles. The molecular formula is C16H21IN8. The van der Waals surface area contributed by atoms with Crippen molar-refractivity contribution < 1.29 is 0 Å². The fourth-order valence-corrected chi connectivity index (χ4v) is 2.28. The summed E-state index contributed by atoms with van der Waals surface area (Å²) in [5, 5.41) is 11.4. The zero-order valence-corrected chi connectivity index (χ0v) is 16.4. The van der Waals surface area contributed by atoms with Crippen molar-refractivity contribution in [2.75, 3.05) is 23.7 Å². The van der Waals surface area contributed by atoms with Crippen LogP contribution in [0, 0.1) is 6.92 Å². The van der Waals surface area contributed by atoms with Crippen LogP contribution in [-0.4, -0.2) is 38.8 Å². The SMILES string of the molecule is Cc1ccc(NC(N)=NCCNc2ncnc3c2cnn3C)cc1.I. The summed E-state index contributed by atoms with van der Waals surface area (Å²) in [5.74, 6) is 1.13. The summed E-state index contributed by atoms with van der Waals surface area (Å²) < 4.78 is 1.71. The number of hydrogen-bond acceptors (Lipinski definition) is 5. The molecule has 0 aliphatic rings. The van der Waals surface area contributed by atoms with Crippen molar-refractivity contribution in [3.63, 3.8) is 0 Å². The quantitative estimate of drug-likeness (QED) is 0.237. The fourth-order valence-electron chi connectivity index (χ4n) is 2.28. The molecule has 3 rings (SSSR count). The lowest BCUT2D eigenvalue weighted by Gasteiger charge is -2.07. The van der Waals surface area contributed by atoms with E-state index in [-0.39, 0.29) is 24.0 Å². The molecule has 132 valence electrons. The Morgan fingerprint density at radius 3 is 2.76 bits per heavy atom. The second-order valence-electron chi connectivity index (χ2n) is 5.41. The van der Waals surface area contributed by atoms with Crippen LogP contribution >= 0.6 is 24.0 Å². The number of fused-ring (bicyclic) bond motifs is 1. The van der Waals surface area contributed by atoms with Crippen LogP contribution in [0.25, 0.3) is 11.0 Å². The summed E-state index contributed by atoms with van der Waals surface area (Å²) in [5.41, 5.74) is 8.80. The van der Waals surface area contributed by atoms with Gasteiger partial charge in [0.2, 0.25) is 0 Å². The highest BCUT2D eigenvalue weighted by Crippen LogP contribution is 2.17. The van der Waals surface area contributed by atoms with Crippen molar-refractivity contribution in [2.24, 2.45) is 17.8 Å². The van der Waals surface area contributed by atoms with E-state index in [0.29, 0.717) is 19.0 Å². The van der Waals surface area contributed by atoms with Crippen molar-refractivity contribution in [3.05, 3.63) is 42.4 Å². The first-order valence-corrected chi connectivity index (χ1v) is 7.63. The second kappa shape index (κ2) is 8.60. The van der Waals surface area contributed by atoms with Gasteiger partial charge in [-0.2, -0.15) is 5.10 Å². The topological polar surface area (TPSA) is 106 Å². The van der Waals surface area contributed by atoms with Gasteiger partial charge in [-0.25, -0.2) is 9.97 Å². The Morgan fingerprint density at radius 1 is 1.24 bits per heavy atom. The number of nitrogens with one attached hydrogen (secondary N) is 2. The molecule has 3 aromatic rings. The highest BCUT2D eigenvalue weighted by atomic mass is 127. The predicted molar refractivity (Wildman–Crippen MR) is 111 cm³/mol. The van der Waals surface area contributed by atoms with Gasteiger partial charge in [-0.05, 0) is 19.1 Å².